The first-order valence-electron chi connectivity index (χ1n) is 8.19. The summed E-state index contributed by atoms with van der Waals surface area (Å²) in [5.74, 6) is 2.38. The van der Waals surface area contributed by atoms with E-state index in [1.807, 2.05) is 24.3 Å². The van der Waals surface area contributed by atoms with Gasteiger partial charge in [0.25, 0.3) is 0 Å². The quantitative estimate of drug-likeness (QED) is 0.877. The van der Waals surface area contributed by atoms with Crippen molar-refractivity contribution in [1.82, 2.24) is 10.2 Å². The molecule has 1 saturated heterocycles. The Bertz CT molecular complexity index is 480. The first-order chi connectivity index (χ1) is 10.6. The molecular weight excluding hydrogens is 276 g/mol. The van der Waals surface area contributed by atoms with Crippen molar-refractivity contribution in [3.05, 3.63) is 29.8 Å². The Morgan fingerprint density at radius 3 is 2.64 bits per heavy atom. The Labute approximate surface area is 133 Å². The molecule has 2 rings (SSSR count). The van der Waals surface area contributed by atoms with Crippen molar-refractivity contribution in [1.29, 1.82) is 0 Å². The minimum atomic E-state index is 0.121. The van der Waals surface area contributed by atoms with E-state index in [2.05, 4.69) is 24.1 Å². The Kier molecular flexibility index (Phi) is 6.25. The van der Waals surface area contributed by atoms with E-state index in [-0.39, 0.29) is 5.91 Å². The Hall–Kier alpha value is -1.55. The van der Waals surface area contributed by atoms with Crippen LogP contribution in [0, 0.1) is 11.8 Å². The molecule has 1 aliphatic heterocycles. The number of amides is 1. The van der Waals surface area contributed by atoms with Gasteiger partial charge < -0.3 is 10.1 Å². The van der Waals surface area contributed by atoms with E-state index in [4.69, 9.17) is 4.74 Å². The van der Waals surface area contributed by atoms with Crippen LogP contribution < -0.4 is 10.1 Å². The van der Waals surface area contributed by atoms with Gasteiger partial charge in [-0.25, -0.2) is 0 Å². The van der Waals surface area contributed by atoms with Crippen LogP contribution in [-0.2, 0) is 11.2 Å². The smallest absolute Gasteiger partial charge is 0.234 e. The summed E-state index contributed by atoms with van der Waals surface area (Å²) in [6, 6.07) is 7.95. The maximum Gasteiger partial charge on any atom is 0.234 e. The summed E-state index contributed by atoms with van der Waals surface area (Å²) in [6.07, 6.45) is 2.06. The number of ether oxygens (including phenoxy) is 1. The third-order valence-corrected chi connectivity index (χ3v) is 4.22. The van der Waals surface area contributed by atoms with E-state index in [0.29, 0.717) is 24.9 Å². The summed E-state index contributed by atoms with van der Waals surface area (Å²) in [6.45, 7) is 7.76. The van der Waals surface area contributed by atoms with E-state index >= 15 is 0 Å². The minimum Gasteiger partial charge on any atom is -0.496 e. The van der Waals surface area contributed by atoms with Gasteiger partial charge in [0, 0.05) is 19.6 Å². The number of carbonyl (C=O) groups excluding carboxylic acids is 1. The number of nitrogens with one attached hydrogen (secondary N) is 1. The fraction of sp³-hybridized carbons (Fsp3) is 0.611. The predicted octanol–water partition coefficient (Wildman–Crippen LogP) is 2.33. The highest BCUT2D eigenvalue weighted by Gasteiger charge is 2.23. The lowest BCUT2D eigenvalue weighted by Crippen LogP contribution is -2.44. The van der Waals surface area contributed by atoms with Crippen LogP contribution in [0.1, 0.15) is 25.8 Å². The molecule has 0 unspecified atom stereocenters. The van der Waals surface area contributed by atoms with Crippen LogP contribution in [0.3, 0.4) is 0 Å². The molecular formula is C18H28N2O2. The molecule has 22 heavy (non-hydrogen) atoms. The average molecular weight is 304 g/mol. The number of nitrogens with zero attached hydrogens (tertiary/aromatic N) is 1. The lowest BCUT2D eigenvalue weighted by Gasteiger charge is -2.34. The largest absolute Gasteiger partial charge is 0.496 e. The van der Waals surface area contributed by atoms with Gasteiger partial charge in [-0.05, 0) is 36.3 Å². The monoisotopic (exact) mass is 304 g/mol. The topological polar surface area (TPSA) is 41.6 Å². The molecule has 1 fully saturated rings. The summed E-state index contributed by atoms with van der Waals surface area (Å²) in [4.78, 5) is 14.4. The molecule has 0 aromatic heterocycles. The summed E-state index contributed by atoms with van der Waals surface area (Å²) in [5, 5.41) is 3.02. The molecule has 4 heteroatoms. The Morgan fingerprint density at radius 2 is 1.95 bits per heavy atom. The fourth-order valence-corrected chi connectivity index (χ4v) is 3.43. The van der Waals surface area contributed by atoms with Crippen LogP contribution in [0.2, 0.25) is 0 Å². The lowest BCUT2D eigenvalue weighted by atomic mass is 9.92. The Morgan fingerprint density at radius 1 is 1.27 bits per heavy atom. The van der Waals surface area contributed by atoms with Crippen molar-refractivity contribution in [2.45, 2.75) is 26.7 Å². The Balaban J connectivity index is 1.74. The number of hydrogen-bond donors (Lipinski definition) is 1. The van der Waals surface area contributed by atoms with Gasteiger partial charge in [-0.3, -0.25) is 9.69 Å². The van der Waals surface area contributed by atoms with Gasteiger partial charge in [0.15, 0.2) is 0 Å². The summed E-state index contributed by atoms with van der Waals surface area (Å²) in [5.41, 5.74) is 1.13. The van der Waals surface area contributed by atoms with Crippen LogP contribution in [0.25, 0.3) is 0 Å². The number of rotatable bonds is 6. The maximum atomic E-state index is 12.1. The molecule has 0 spiro atoms. The van der Waals surface area contributed by atoms with Crippen molar-refractivity contribution in [2.75, 3.05) is 33.3 Å². The van der Waals surface area contributed by atoms with Crippen molar-refractivity contribution in [3.8, 4) is 5.75 Å². The van der Waals surface area contributed by atoms with Crippen LogP contribution in [0.15, 0.2) is 24.3 Å². The normalized spacial score (nSPS) is 22.3. The van der Waals surface area contributed by atoms with E-state index in [1.54, 1.807) is 7.11 Å². The standard InChI is InChI=1S/C18H28N2O2/c1-14-10-15(2)12-20(11-14)13-18(21)19-9-8-16-6-4-5-7-17(16)22-3/h4-7,14-15H,8-13H2,1-3H3,(H,19,21)/t14-,15-/m0/s1. The van der Waals surface area contributed by atoms with Gasteiger partial charge in [0.2, 0.25) is 5.91 Å². The van der Waals surface area contributed by atoms with Gasteiger partial charge >= 0.3 is 0 Å². The fourth-order valence-electron chi connectivity index (χ4n) is 3.43. The van der Waals surface area contributed by atoms with E-state index < -0.39 is 0 Å². The molecule has 1 aliphatic rings. The van der Waals surface area contributed by atoms with E-state index in [1.165, 1.54) is 6.42 Å². The molecule has 2 atom stereocenters. The summed E-state index contributed by atoms with van der Waals surface area (Å²) < 4.78 is 5.33. The minimum absolute atomic E-state index is 0.121. The molecule has 1 aromatic rings. The molecule has 0 radical (unpaired) electrons. The second-order valence-corrected chi connectivity index (χ2v) is 6.55. The molecule has 1 heterocycles. The van der Waals surface area contributed by atoms with Crippen molar-refractivity contribution >= 4 is 5.91 Å². The average Bonchev–Trinajstić information content (AvgIpc) is 2.46. The molecule has 0 saturated carbocycles. The van der Waals surface area contributed by atoms with Gasteiger partial charge in [0.1, 0.15) is 5.75 Å². The number of hydrogen-bond acceptors (Lipinski definition) is 3. The maximum absolute atomic E-state index is 12.1. The summed E-state index contributed by atoms with van der Waals surface area (Å²) >= 11 is 0. The first-order valence-corrected chi connectivity index (χ1v) is 8.19. The zero-order valence-electron chi connectivity index (χ0n) is 14.0. The molecule has 4 nitrogen and oxygen atoms in total. The SMILES string of the molecule is COc1ccccc1CCNC(=O)CN1C[C@@H](C)C[C@H](C)C1. The third-order valence-electron chi connectivity index (χ3n) is 4.22. The second-order valence-electron chi connectivity index (χ2n) is 6.55. The molecule has 1 aromatic carbocycles. The van der Waals surface area contributed by atoms with Crippen LogP contribution in [0.4, 0.5) is 0 Å². The van der Waals surface area contributed by atoms with Crippen LogP contribution in [-0.4, -0.2) is 44.1 Å². The zero-order valence-corrected chi connectivity index (χ0v) is 14.0. The van der Waals surface area contributed by atoms with Gasteiger partial charge in [-0.2, -0.15) is 0 Å². The highest BCUT2D eigenvalue weighted by molar-refractivity contribution is 5.78. The molecule has 1 amide bonds. The van der Waals surface area contributed by atoms with Crippen LogP contribution >= 0.6 is 0 Å². The third kappa shape index (κ3) is 5.02. The van der Waals surface area contributed by atoms with E-state index in [9.17, 15) is 4.79 Å². The van der Waals surface area contributed by atoms with Crippen molar-refractivity contribution in [3.63, 3.8) is 0 Å². The predicted molar refractivity (Wildman–Crippen MR) is 89.1 cm³/mol. The number of methoxy groups -OCH3 is 1. The second kappa shape index (κ2) is 8.18. The van der Waals surface area contributed by atoms with Crippen LogP contribution in [0.5, 0.6) is 5.75 Å². The molecule has 0 bridgehead atoms. The van der Waals surface area contributed by atoms with Crippen molar-refractivity contribution in [2.24, 2.45) is 11.8 Å². The molecule has 0 aliphatic carbocycles. The molecule has 1 N–H and O–H groups in total. The number of para-hydroxylation sites is 1. The highest BCUT2D eigenvalue weighted by atomic mass is 16.5. The lowest BCUT2D eigenvalue weighted by molar-refractivity contribution is -0.122. The highest BCUT2D eigenvalue weighted by Crippen LogP contribution is 2.20. The zero-order chi connectivity index (χ0) is 15.9. The van der Waals surface area contributed by atoms with Gasteiger partial charge in [-0.15, -0.1) is 0 Å². The van der Waals surface area contributed by atoms with Gasteiger partial charge in [0.05, 0.1) is 13.7 Å². The summed E-state index contributed by atoms with van der Waals surface area (Å²) in [7, 11) is 1.68. The number of carbonyl (C=O) groups is 1. The first kappa shape index (κ1) is 16.8. The van der Waals surface area contributed by atoms with Crippen molar-refractivity contribution < 1.29 is 9.53 Å². The number of likely N-dealkylation sites (tertiary alicyclic amines) is 1. The molecule has 122 valence electrons. The van der Waals surface area contributed by atoms with E-state index in [0.717, 1.165) is 30.8 Å². The number of benzene rings is 1. The van der Waals surface area contributed by atoms with Gasteiger partial charge in [-0.1, -0.05) is 32.0 Å². The number of piperidine rings is 1.